The highest BCUT2D eigenvalue weighted by atomic mass is 19.4. The zero-order valence-corrected chi connectivity index (χ0v) is 36.2. The minimum absolute atomic E-state index is 0.564. The van der Waals surface area contributed by atoms with Crippen LogP contribution in [0.25, 0.3) is 111 Å². The Bertz CT molecular complexity index is 3760. The van der Waals surface area contributed by atoms with Gasteiger partial charge in [-0.15, -0.1) is 0 Å². The van der Waals surface area contributed by atoms with Gasteiger partial charge >= 0.3 is 6.18 Å². The van der Waals surface area contributed by atoms with Crippen molar-refractivity contribution >= 4 is 43.6 Å². The lowest BCUT2D eigenvalue weighted by molar-refractivity contribution is -0.137. The van der Waals surface area contributed by atoms with Gasteiger partial charge < -0.3 is 9.13 Å². The molecule has 12 aromatic rings. The van der Waals surface area contributed by atoms with Crippen molar-refractivity contribution in [1.29, 1.82) is 0 Å². The van der Waals surface area contributed by atoms with Crippen molar-refractivity contribution in [1.82, 2.24) is 19.1 Å². The monoisotopic (exact) mass is 872 g/mol. The quantitative estimate of drug-likeness (QED) is 0.160. The Labute approximate surface area is 384 Å². The molecule has 12 rings (SSSR count). The van der Waals surface area contributed by atoms with Gasteiger partial charge in [-0.25, -0.2) is 9.97 Å². The number of para-hydroxylation sites is 3. The fourth-order valence-corrected chi connectivity index (χ4v) is 9.63. The van der Waals surface area contributed by atoms with Crippen LogP contribution < -0.4 is 0 Å². The molecule has 0 unspecified atom stereocenters. The summed E-state index contributed by atoms with van der Waals surface area (Å²) in [6.07, 6.45) is -4.51. The molecule has 0 atom stereocenters. The van der Waals surface area contributed by atoms with Gasteiger partial charge in [-0.2, -0.15) is 13.2 Å². The lowest BCUT2D eigenvalue weighted by Gasteiger charge is -2.22. The van der Waals surface area contributed by atoms with E-state index in [9.17, 15) is 13.2 Å². The van der Waals surface area contributed by atoms with Crippen LogP contribution in [-0.4, -0.2) is 19.1 Å². The second-order valence-electron chi connectivity index (χ2n) is 17.0. The van der Waals surface area contributed by atoms with E-state index in [0.717, 1.165) is 99.6 Å². The van der Waals surface area contributed by atoms with E-state index in [1.54, 1.807) is 12.1 Å². The van der Waals surface area contributed by atoms with Crippen LogP contribution in [0.5, 0.6) is 0 Å². The Kier molecular flexibility index (Phi) is 9.47. The fraction of sp³-hybridized carbons (Fsp3) is 0.0333. The van der Waals surface area contributed by atoms with Crippen molar-refractivity contribution in [2.75, 3.05) is 0 Å². The van der Waals surface area contributed by atoms with Gasteiger partial charge in [-0.3, -0.25) is 0 Å². The molecule has 0 radical (unpaired) electrons. The van der Waals surface area contributed by atoms with Crippen molar-refractivity contribution in [3.05, 3.63) is 230 Å². The minimum atomic E-state index is -4.51. The summed E-state index contributed by atoms with van der Waals surface area (Å²) in [5.74, 6) is 0.564. The van der Waals surface area contributed by atoms with Gasteiger partial charge in [0.1, 0.15) is 0 Å². The number of rotatable bonds is 7. The number of benzene rings is 9. The number of alkyl halides is 3. The normalized spacial score (nSPS) is 11.9. The largest absolute Gasteiger partial charge is 0.416 e. The Morgan fingerprint density at radius 3 is 1.43 bits per heavy atom. The summed E-state index contributed by atoms with van der Waals surface area (Å²) in [4.78, 5) is 10.3. The predicted molar refractivity (Wildman–Crippen MR) is 268 cm³/mol. The van der Waals surface area contributed by atoms with Crippen molar-refractivity contribution in [2.45, 2.75) is 13.1 Å². The van der Waals surface area contributed by atoms with E-state index in [0.29, 0.717) is 17.1 Å². The summed E-state index contributed by atoms with van der Waals surface area (Å²) in [6.45, 7) is 2.07. The van der Waals surface area contributed by atoms with Crippen molar-refractivity contribution in [2.24, 2.45) is 0 Å². The SMILES string of the molecule is Cc1ccc(-c2cc(-c3cc(-c4ccccc4)nc(-c4ccccc4)n3)cc(-c3ccc(C(F)(F)F)cc3)c2-n2c3ccccc3c3cc4c5ccccc5n(-c5ccccc5)c4cc32)cc1. The van der Waals surface area contributed by atoms with Gasteiger partial charge in [0.05, 0.1) is 44.7 Å². The number of aromatic nitrogens is 4. The number of hydrogen-bond acceptors (Lipinski definition) is 2. The molecule has 0 saturated carbocycles. The van der Waals surface area contributed by atoms with Gasteiger partial charge in [0.25, 0.3) is 0 Å². The molecule has 7 heteroatoms. The summed E-state index contributed by atoms with van der Waals surface area (Å²) in [5.41, 5.74) is 13.6. The Morgan fingerprint density at radius 2 is 0.851 bits per heavy atom. The first kappa shape index (κ1) is 40.0. The molecule has 67 heavy (non-hydrogen) atoms. The molecule has 0 amide bonds. The maximum atomic E-state index is 14.3. The van der Waals surface area contributed by atoms with Gasteiger partial charge in [0.15, 0.2) is 5.82 Å². The van der Waals surface area contributed by atoms with Crippen LogP contribution in [0.15, 0.2) is 218 Å². The average molecular weight is 873 g/mol. The van der Waals surface area contributed by atoms with Crippen LogP contribution in [-0.2, 0) is 6.18 Å². The van der Waals surface area contributed by atoms with Crippen molar-refractivity contribution in [3.63, 3.8) is 0 Å². The minimum Gasteiger partial charge on any atom is -0.309 e. The standard InChI is InChI=1S/C60H39F3N4/c1-38-25-27-39(28-26-38)48-33-43(53-36-52(41-15-5-2-6-16-41)64-59(65-53)42-17-7-3-8-18-42)34-49(40-29-31-44(32-30-40)60(61,62)63)58(48)67-55-24-14-12-22-47(55)51-35-50-46-21-11-13-23-54(46)66(56(50)37-57(51)67)45-19-9-4-10-20-45/h2-37H,1H3. The summed E-state index contributed by atoms with van der Waals surface area (Å²) >= 11 is 0. The molecule has 0 saturated heterocycles. The Balaban J connectivity index is 1.22. The summed E-state index contributed by atoms with van der Waals surface area (Å²) in [7, 11) is 0. The van der Waals surface area contributed by atoms with Crippen LogP contribution in [0.4, 0.5) is 13.2 Å². The molecule has 0 bridgehead atoms. The average Bonchev–Trinajstić information content (AvgIpc) is 3.87. The van der Waals surface area contributed by atoms with E-state index in [2.05, 4.69) is 131 Å². The molecular weight excluding hydrogens is 834 g/mol. The number of hydrogen-bond donors (Lipinski definition) is 0. The number of nitrogens with zero attached hydrogens (tertiary/aromatic N) is 4. The Morgan fingerprint density at radius 1 is 0.373 bits per heavy atom. The molecule has 0 fully saturated rings. The van der Waals surface area contributed by atoms with Crippen LogP contribution in [0.1, 0.15) is 11.1 Å². The number of halogens is 3. The van der Waals surface area contributed by atoms with E-state index < -0.39 is 11.7 Å². The first-order chi connectivity index (χ1) is 32.8. The summed E-state index contributed by atoms with van der Waals surface area (Å²) < 4.78 is 47.4. The Hall–Kier alpha value is -8.55. The predicted octanol–water partition coefficient (Wildman–Crippen LogP) is 16.3. The molecule has 0 spiro atoms. The molecule has 4 nitrogen and oxygen atoms in total. The molecule has 0 N–H and O–H groups in total. The maximum absolute atomic E-state index is 14.3. The first-order valence-electron chi connectivity index (χ1n) is 22.2. The summed E-state index contributed by atoms with van der Waals surface area (Å²) in [5, 5.41) is 4.39. The molecule has 0 aliphatic heterocycles. The lowest BCUT2D eigenvalue weighted by atomic mass is 9.91. The van der Waals surface area contributed by atoms with Gasteiger partial charge in [0, 0.05) is 55.0 Å². The second-order valence-corrected chi connectivity index (χ2v) is 17.0. The van der Waals surface area contributed by atoms with Crippen LogP contribution >= 0.6 is 0 Å². The molecule has 3 aromatic heterocycles. The third-order valence-corrected chi connectivity index (χ3v) is 12.8. The highest BCUT2D eigenvalue weighted by molar-refractivity contribution is 6.19. The van der Waals surface area contributed by atoms with Gasteiger partial charge in [-0.05, 0) is 84.8 Å². The zero-order chi connectivity index (χ0) is 45.2. The first-order valence-corrected chi connectivity index (χ1v) is 22.2. The molecule has 3 heterocycles. The van der Waals surface area contributed by atoms with Crippen LogP contribution in [0, 0.1) is 6.92 Å². The molecule has 9 aromatic carbocycles. The third-order valence-electron chi connectivity index (χ3n) is 12.8. The van der Waals surface area contributed by atoms with Gasteiger partial charge in [0.2, 0.25) is 0 Å². The molecule has 320 valence electrons. The highest BCUT2D eigenvalue weighted by Crippen LogP contribution is 2.46. The van der Waals surface area contributed by atoms with Crippen molar-refractivity contribution < 1.29 is 13.2 Å². The van der Waals surface area contributed by atoms with Crippen LogP contribution in [0.3, 0.4) is 0 Å². The van der Waals surface area contributed by atoms with Crippen LogP contribution in [0.2, 0.25) is 0 Å². The van der Waals surface area contributed by atoms with Gasteiger partial charge in [-0.1, -0.05) is 157 Å². The third kappa shape index (κ3) is 6.95. The van der Waals surface area contributed by atoms with E-state index in [-0.39, 0.29) is 0 Å². The van der Waals surface area contributed by atoms with Crippen molar-refractivity contribution in [3.8, 4) is 67.5 Å². The smallest absolute Gasteiger partial charge is 0.309 e. The highest BCUT2D eigenvalue weighted by Gasteiger charge is 2.31. The van der Waals surface area contributed by atoms with E-state index in [1.807, 2.05) is 78.9 Å². The van der Waals surface area contributed by atoms with E-state index in [4.69, 9.17) is 9.97 Å². The number of aryl methyl sites for hydroxylation is 1. The fourth-order valence-electron chi connectivity index (χ4n) is 9.63. The molecule has 0 aliphatic carbocycles. The second kappa shape index (κ2) is 15.9. The summed E-state index contributed by atoms with van der Waals surface area (Å²) in [6, 6.07) is 72.1. The molecule has 0 aliphatic rings. The zero-order valence-electron chi connectivity index (χ0n) is 36.2. The lowest BCUT2D eigenvalue weighted by Crippen LogP contribution is -2.05. The van der Waals surface area contributed by atoms with E-state index in [1.165, 1.54) is 12.1 Å². The van der Waals surface area contributed by atoms with E-state index >= 15 is 0 Å². The number of fused-ring (bicyclic) bond motifs is 6. The topological polar surface area (TPSA) is 35.6 Å². The molecular formula is C60H39F3N4. The maximum Gasteiger partial charge on any atom is 0.416 e.